The van der Waals surface area contributed by atoms with Gasteiger partial charge in [-0.05, 0) is 67.0 Å². The van der Waals surface area contributed by atoms with E-state index < -0.39 is 11.4 Å². The third-order valence-corrected chi connectivity index (χ3v) is 4.75. The van der Waals surface area contributed by atoms with E-state index >= 15 is 0 Å². The molecule has 1 amide bonds. The van der Waals surface area contributed by atoms with Crippen LogP contribution in [0.5, 0.6) is 0 Å². The minimum absolute atomic E-state index is 0.0241. The summed E-state index contributed by atoms with van der Waals surface area (Å²) in [5.74, 6) is -1.08. The summed E-state index contributed by atoms with van der Waals surface area (Å²) in [6, 6.07) is 4.01. The molecule has 7 nitrogen and oxygen atoms in total. The zero-order chi connectivity index (χ0) is 21.8. The Morgan fingerprint density at radius 2 is 1.76 bits per heavy atom. The average Bonchev–Trinajstić information content (AvgIpc) is 2.83. The van der Waals surface area contributed by atoms with Crippen molar-refractivity contribution >= 4 is 11.9 Å². The molecule has 1 fully saturated rings. The molecule has 0 spiro atoms. The van der Waals surface area contributed by atoms with Crippen LogP contribution in [-0.4, -0.2) is 46.6 Å². The van der Waals surface area contributed by atoms with Crippen molar-refractivity contribution < 1.29 is 23.8 Å². The molecule has 1 aliphatic rings. The molecule has 2 atom stereocenters. The van der Waals surface area contributed by atoms with Crippen LogP contribution in [0.3, 0.4) is 0 Å². The Balaban J connectivity index is 1.81. The van der Waals surface area contributed by atoms with Crippen molar-refractivity contribution in [1.82, 2.24) is 9.88 Å². The maximum atomic E-state index is 12.3. The molecule has 0 aliphatic carbocycles. The standard InChI is InChI=1S/C22H36N2O5/c1-15-8-9-16(2)24(15)14-19(25)23-11-10-17-12-18(28-22(6,7)27-17)13-20(26)29-21(3,4)5/h8-9,17-18H,10-14H2,1-7H3,(H,23,25)/t17-,18-/m0/s1. The lowest BCUT2D eigenvalue weighted by atomic mass is 10.0. The number of nitrogens with one attached hydrogen (secondary N) is 1. The number of rotatable bonds is 7. The maximum Gasteiger partial charge on any atom is 0.308 e. The van der Waals surface area contributed by atoms with Crippen molar-refractivity contribution in [1.29, 1.82) is 0 Å². The van der Waals surface area contributed by atoms with Gasteiger partial charge in [0.25, 0.3) is 0 Å². The molecule has 1 aromatic rings. The third-order valence-electron chi connectivity index (χ3n) is 4.75. The van der Waals surface area contributed by atoms with E-state index in [9.17, 15) is 9.59 Å². The summed E-state index contributed by atoms with van der Waals surface area (Å²) in [6.07, 6.45) is 1.08. The highest BCUT2D eigenvalue weighted by molar-refractivity contribution is 5.75. The number of carbonyl (C=O) groups excluding carboxylic acids is 2. The van der Waals surface area contributed by atoms with Crippen molar-refractivity contribution in [2.24, 2.45) is 0 Å². The molecule has 0 radical (unpaired) electrons. The SMILES string of the molecule is Cc1ccc(C)n1CC(=O)NCC[C@H]1C[C@@H](CC(=O)OC(C)(C)C)OC(C)(C)O1. The largest absolute Gasteiger partial charge is 0.460 e. The minimum Gasteiger partial charge on any atom is -0.460 e. The fraction of sp³-hybridized carbons (Fsp3) is 0.727. The number of amides is 1. The fourth-order valence-corrected chi connectivity index (χ4v) is 3.61. The summed E-state index contributed by atoms with van der Waals surface area (Å²) in [4.78, 5) is 24.4. The molecular weight excluding hydrogens is 372 g/mol. The van der Waals surface area contributed by atoms with E-state index in [4.69, 9.17) is 14.2 Å². The van der Waals surface area contributed by atoms with Crippen LogP contribution in [0.1, 0.15) is 65.3 Å². The molecule has 164 valence electrons. The second-order valence-corrected chi connectivity index (χ2v) is 9.25. The Morgan fingerprint density at radius 1 is 1.17 bits per heavy atom. The van der Waals surface area contributed by atoms with E-state index in [1.165, 1.54) is 0 Å². The van der Waals surface area contributed by atoms with Gasteiger partial charge in [-0.25, -0.2) is 0 Å². The van der Waals surface area contributed by atoms with Crippen LogP contribution in [0.2, 0.25) is 0 Å². The lowest BCUT2D eigenvalue weighted by molar-refractivity contribution is -0.300. The number of aromatic nitrogens is 1. The summed E-state index contributed by atoms with van der Waals surface area (Å²) < 4.78 is 19.3. The van der Waals surface area contributed by atoms with E-state index in [-0.39, 0.29) is 30.5 Å². The monoisotopic (exact) mass is 408 g/mol. The van der Waals surface area contributed by atoms with Crippen molar-refractivity contribution in [3.8, 4) is 0 Å². The smallest absolute Gasteiger partial charge is 0.308 e. The topological polar surface area (TPSA) is 78.8 Å². The summed E-state index contributed by atoms with van der Waals surface area (Å²) in [5, 5.41) is 2.96. The molecule has 0 aromatic carbocycles. The lowest BCUT2D eigenvalue weighted by Crippen LogP contribution is -2.46. The van der Waals surface area contributed by atoms with Gasteiger partial charge in [0.1, 0.15) is 12.1 Å². The van der Waals surface area contributed by atoms with E-state index in [2.05, 4.69) is 5.32 Å². The molecule has 1 aliphatic heterocycles. The first-order chi connectivity index (χ1) is 13.3. The zero-order valence-electron chi connectivity index (χ0n) is 18.8. The molecule has 1 N–H and O–H groups in total. The van der Waals surface area contributed by atoms with Crippen LogP contribution in [0.4, 0.5) is 0 Å². The number of ether oxygens (including phenoxy) is 3. The van der Waals surface area contributed by atoms with E-state index in [0.717, 1.165) is 11.4 Å². The Bertz CT molecular complexity index is 698. The van der Waals surface area contributed by atoms with Crippen LogP contribution in [0.15, 0.2) is 12.1 Å². The highest BCUT2D eigenvalue weighted by atomic mass is 16.7. The first-order valence-corrected chi connectivity index (χ1v) is 10.3. The second-order valence-electron chi connectivity index (χ2n) is 9.25. The van der Waals surface area contributed by atoms with Gasteiger partial charge in [-0.2, -0.15) is 0 Å². The Hall–Kier alpha value is -1.86. The molecule has 1 saturated heterocycles. The fourth-order valence-electron chi connectivity index (χ4n) is 3.61. The zero-order valence-corrected chi connectivity index (χ0v) is 18.8. The Labute approximate surface area is 174 Å². The summed E-state index contributed by atoms with van der Waals surface area (Å²) >= 11 is 0. The van der Waals surface area contributed by atoms with Crippen LogP contribution < -0.4 is 5.32 Å². The van der Waals surface area contributed by atoms with Crippen molar-refractivity contribution in [2.45, 2.75) is 97.9 Å². The average molecular weight is 409 g/mol. The summed E-state index contributed by atoms with van der Waals surface area (Å²) in [6.45, 7) is 14.0. The van der Waals surface area contributed by atoms with E-state index in [1.54, 1.807) is 0 Å². The van der Waals surface area contributed by atoms with Crippen LogP contribution >= 0.6 is 0 Å². The molecule has 0 bridgehead atoms. The summed E-state index contributed by atoms with van der Waals surface area (Å²) in [5.41, 5.74) is 1.62. The highest BCUT2D eigenvalue weighted by Crippen LogP contribution is 2.30. The van der Waals surface area contributed by atoms with Gasteiger partial charge in [0.05, 0.1) is 18.6 Å². The second kappa shape index (κ2) is 9.30. The van der Waals surface area contributed by atoms with Crippen molar-refractivity contribution in [3.63, 3.8) is 0 Å². The predicted molar refractivity (Wildman–Crippen MR) is 110 cm³/mol. The van der Waals surface area contributed by atoms with Gasteiger partial charge in [-0.15, -0.1) is 0 Å². The molecule has 1 aromatic heterocycles. The number of esters is 1. The van der Waals surface area contributed by atoms with Gasteiger partial charge in [0, 0.05) is 24.4 Å². The maximum absolute atomic E-state index is 12.3. The quantitative estimate of drug-likeness (QED) is 0.701. The molecule has 0 saturated carbocycles. The highest BCUT2D eigenvalue weighted by Gasteiger charge is 2.36. The molecule has 29 heavy (non-hydrogen) atoms. The van der Waals surface area contributed by atoms with Crippen molar-refractivity contribution in [3.05, 3.63) is 23.5 Å². The van der Waals surface area contributed by atoms with Crippen LogP contribution in [0.25, 0.3) is 0 Å². The van der Waals surface area contributed by atoms with Gasteiger partial charge in [0.2, 0.25) is 5.91 Å². The van der Waals surface area contributed by atoms with E-state index in [1.807, 2.05) is 65.2 Å². The number of nitrogens with zero attached hydrogens (tertiary/aromatic N) is 1. The Kier molecular flexibility index (Phi) is 7.51. The normalized spacial score (nSPS) is 21.6. The Morgan fingerprint density at radius 3 is 2.34 bits per heavy atom. The molecule has 2 heterocycles. The summed E-state index contributed by atoms with van der Waals surface area (Å²) in [7, 11) is 0. The van der Waals surface area contributed by atoms with Gasteiger partial charge in [-0.1, -0.05) is 0 Å². The van der Waals surface area contributed by atoms with Crippen LogP contribution in [-0.2, 0) is 30.3 Å². The third kappa shape index (κ3) is 7.82. The minimum atomic E-state index is -0.779. The number of hydrogen-bond acceptors (Lipinski definition) is 5. The van der Waals surface area contributed by atoms with Gasteiger partial charge < -0.3 is 24.1 Å². The van der Waals surface area contributed by atoms with Gasteiger partial charge in [-0.3, -0.25) is 9.59 Å². The van der Waals surface area contributed by atoms with Gasteiger partial charge >= 0.3 is 5.97 Å². The molecule has 2 rings (SSSR count). The number of carbonyl (C=O) groups is 2. The van der Waals surface area contributed by atoms with E-state index in [0.29, 0.717) is 25.9 Å². The molecular formula is C22H36N2O5. The van der Waals surface area contributed by atoms with Gasteiger partial charge in [0.15, 0.2) is 5.79 Å². The first kappa shape index (κ1) is 23.4. The lowest BCUT2D eigenvalue weighted by Gasteiger charge is -2.40. The molecule has 7 heteroatoms. The number of hydrogen-bond donors (Lipinski definition) is 1. The van der Waals surface area contributed by atoms with Crippen LogP contribution in [0, 0.1) is 13.8 Å². The molecule has 0 unspecified atom stereocenters. The number of aryl methyl sites for hydroxylation is 2. The predicted octanol–water partition coefficient (Wildman–Crippen LogP) is 3.25. The first-order valence-electron chi connectivity index (χ1n) is 10.3. The van der Waals surface area contributed by atoms with Crippen molar-refractivity contribution in [2.75, 3.05) is 6.54 Å².